The number of nitrogens with zero attached hydrogens (tertiary/aromatic N) is 2. The van der Waals surface area contributed by atoms with Crippen molar-refractivity contribution in [2.45, 2.75) is 38.5 Å². The van der Waals surface area contributed by atoms with Crippen LogP contribution in [0.5, 0.6) is 0 Å². The molecule has 1 aromatic heterocycles. The first-order valence-corrected chi connectivity index (χ1v) is 8.79. The summed E-state index contributed by atoms with van der Waals surface area (Å²) in [4.78, 5) is 0.280. The van der Waals surface area contributed by atoms with Crippen molar-refractivity contribution in [1.82, 2.24) is 9.19 Å². The summed E-state index contributed by atoms with van der Waals surface area (Å²) >= 11 is 0. The molecule has 1 heterocycles. The van der Waals surface area contributed by atoms with Crippen molar-refractivity contribution in [3.05, 3.63) is 58.9 Å². The van der Waals surface area contributed by atoms with Gasteiger partial charge in [-0.1, -0.05) is 29.8 Å². The topological polar surface area (TPSA) is 52.0 Å². The molecule has 0 bridgehead atoms. The Morgan fingerprint density at radius 3 is 2.45 bits per heavy atom. The van der Waals surface area contributed by atoms with E-state index in [0.717, 1.165) is 34.5 Å². The number of fused-ring (bicyclic) bond motifs is 1. The molecule has 0 radical (unpaired) electrons. The van der Waals surface area contributed by atoms with Gasteiger partial charge in [-0.3, -0.25) is 0 Å². The Hall–Kier alpha value is -1.88. The van der Waals surface area contributed by atoms with Gasteiger partial charge in [-0.2, -0.15) is 17.6 Å². The maximum atomic E-state index is 12.9. The second kappa shape index (κ2) is 5.09. The van der Waals surface area contributed by atoms with Gasteiger partial charge < -0.3 is 0 Å². The molecule has 5 heteroatoms. The zero-order valence-electron chi connectivity index (χ0n) is 13.1. The van der Waals surface area contributed by atoms with E-state index in [1.54, 1.807) is 24.3 Å². The highest BCUT2D eigenvalue weighted by Gasteiger charge is 2.32. The molecular formula is C17H20N2O2S. The molecule has 0 aliphatic heterocycles. The lowest BCUT2D eigenvalue weighted by molar-refractivity contribution is 0.571. The molecule has 4 nitrogen and oxygen atoms in total. The van der Waals surface area contributed by atoms with Gasteiger partial charge in [0.1, 0.15) is 0 Å². The van der Waals surface area contributed by atoms with Crippen molar-refractivity contribution in [2.24, 2.45) is 5.92 Å². The van der Waals surface area contributed by atoms with Crippen LogP contribution in [0.25, 0.3) is 0 Å². The van der Waals surface area contributed by atoms with Crippen LogP contribution in [-0.2, 0) is 22.9 Å². The van der Waals surface area contributed by atoms with E-state index in [1.165, 1.54) is 4.09 Å². The summed E-state index contributed by atoms with van der Waals surface area (Å²) in [5, 5.41) is 4.30. The van der Waals surface area contributed by atoms with Gasteiger partial charge in [-0.25, -0.2) is 0 Å². The first kappa shape index (κ1) is 15.0. The third-order valence-electron chi connectivity index (χ3n) is 4.39. The van der Waals surface area contributed by atoms with Crippen molar-refractivity contribution in [3.63, 3.8) is 0 Å². The van der Waals surface area contributed by atoms with Crippen LogP contribution < -0.4 is 0 Å². The molecule has 22 heavy (non-hydrogen) atoms. The van der Waals surface area contributed by atoms with Gasteiger partial charge in [0.25, 0.3) is 10.0 Å². The molecule has 0 amide bonds. The average molecular weight is 316 g/mol. The van der Waals surface area contributed by atoms with E-state index in [4.69, 9.17) is 0 Å². The van der Waals surface area contributed by atoms with Gasteiger partial charge in [0.05, 0.1) is 16.3 Å². The van der Waals surface area contributed by atoms with Gasteiger partial charge in [0.15, 0.2) is 0 Å². The molecule has 2 aromatic rings. The predicted molar refractivity (Wildman–Crippen MR) is 86.4 cm³/mol. The Labute approximate surface area is 131 Å². The molecule has 0 saturated carbocycles. The fourth-order valence-corrected chi connectivity index (χ4v) is 4.34. The number of aryl methyl sites for hydroxylation is 2. The quantitative estimate of drug-likeness (QED) is 0.818. The number of hydrogen-bond donors (Lipinski definition) is 0. The van der Waals surface area contributed by atoms with E-state index in [1.807, 2.05) is 20.8 Å². The van der Waals surface area contributed by atoms with E-state index in [0.29, 0.717) is 12.3 Å². The van der Waals surface area contributed by atoms with Gasteiger partial charge in [-0.05, 0) is 57.2 Å². The molecule has 1 atom stereocenters. The van der Waals surface area contributed by atoms with Gasteiger partial charge in [0.2, 0.25) is 0 Å². The monoisotopic (exact) mass is 316 g/mol. The summed E-state index contributed by atoms with van der Waals surface area (Å²) in [6.45, 7) is 9.82. The molecule has 0 saturated heterocycles. The minimum Gasteiger partial charge on any atom is -0.199 e. The van der Waals surface area contributed by atoms with E-state index in [9.17, 15) is 8.42 Å². The van der Waals surface area contributed by atoms with Crippen molar-refractivity contribution in [3.8, 4) is 0 Å². The number of rotatable bonds is 3. The lowest BCUT2D eigenvalue weighted by Crippen LogP contribution is -2.18. The number of allylic oxidation sites excluding steroid dienone is 1. The summed E-state index contributed by atoms with van der Waals surface area (Å²) in [6.07, 6.45) is 1.52. The Morgan fingerprint density at radius 1 is 1.23 bits per heavy atom. The lowest BCUT2D eigenvalue weighted by atomic mass is 9.99. The van der Waals surface area contributed by atoms with Crippen LogP contribution in [-0.4, -0.2) is 17.6 Å². The summed E-state index contributed by atoms with van der Waals surface area (Å²) in [6, 6.07) is 6.89. The van der Waals surface area contributed by atoms with Crippen LogP contribution in [0.4, 0.5) is 0 Å². The third-order valence-corrected chi connectivity index (χ3v) is 6.02. The minimum atomic E-state index is -3.63. The van der Waals surface area contributed by atoms with Crippen molar-refractivity contribution >= 4 is 10.0 Å². The molecule has 0 fully saturated rings. The fourth-order valence-electron chi connectivity index (χ4n) is 2.96. The second-order valence-electron chi connectivity index (χ2n) is 6.12. The highest BCUT2D eigenvalue weighted by Crippen LogP contribution is 2.34. The Kier molecular flexibility index (Phi) is 3.48. The van der Waals surface area contributed by atoms with Crippen LogP contribution in [0.15, 0.2) is 41.3 Å². The van der Waals surface area contributed by atoms with Crippen LogP contribution in [0.2, 0.25) is 0 Å². The highest BCUT2D eigenvalue weighted by atomic mass is 32.2. The highest BCUT2D eigenvalue weighted by molar-refractivity contribution is 7.89. The SMILES string of the molecule is C=C(C)[C@H]1Cc2c(C)nn(S(=O)(=O)c3ccc(C)cc3)c2C1. The molecule has 1 aliphatic carbocycles. The molecule has 116 valence electrons. The van der Waals surface area contributed by atoms with Crippen molar-refractivity contribution in [2.75, 3.05) is 0 Å². The van der Waals surface area contributed by atoms with E-state index in [2.05, 4.69) is 11.7 Å². The third kappa shape index (κ3) is 2.29. The molecule has 1 aliphatic rings. The fraction of sp³-hybridized carbons (Fsp3) is 0.353. The molecule has 0 spiro atoms. The van der Waals surface area contributed by atoms with Gasteiger partial charge >= 0.3 is 0 Å². The van der Waals surface area contributed by atoms with Crippen molar-refractivity contribution < 1.29 is 8.42 Å². The lowest BCUT2D eigenvalue weighted by Gasteiger charge is -2.11. The molecule has 0 unspecified atom stereocenters. The molecule has 1 aromatic carbocycles. The zero-order valence-corrected chi connectivity index (χ0v) is 13.9. The summed E-state index contributed by atoms with van der Waals surface area (Å²) < 4.78 is 27.0. The van der Waals surface area contributed by atoms with E-state index >= 15 is 0 Å². The second-order valence-corrected chi connectivity index (χ2v) is 7.89. The first-order valence-electron chi connectivity index (χ1n) is 7.35. The number of benzene rings is 1. The smallest absolute Gasteiger partial charge is 0.199 e. The number of aromatic nitrogens is 2. The summed E-state index contributed by atoms with van der Waals surface area (Å²) in [5.74, 6) is 0.311. The Bertz CT molecular complexity index is 846. The predicted octanol–water partition coefficient (Wildman–Crippen LogP) is 3.03. The molecule has 0 N–H and O–H groups in total. The zero-order chi connectivity index (χ0) is 16.1. The van der Waals surface area contributed by atoms with Gasteiger partial charge in [0, 0.05) is 0 Å². The number of hydrogen-bond acceptors (Lipinski definition) is 3. The summed E-state index contributed by atoms with van der Waals surface area (Å²) in [7, 11) is -3.63. The minimum absolute atomic E-state index is 0.280. The molecule has 3 rings (SSSR count). The largest absolute Gasteiger partial charge is 0.283 e. The normalized spacial score (nSPS) is 17.5. The van der Waals surface area contributed by atoms with Crippen LogP contribution in [0.1, 0.15) is 29.4 Å². The summed E-state index contributed by atoms with van der Waals surface area (Å²) in [5.41, 5.74) is 4.79. The standard InChI is InChI=1S/C17H20N2O2S/c1-11(2)14-9-16-13(4)18-19(17(16)10-14)22(20,21)15-7-5-12(3)6-8-15/h5-8,14H,1,9-10H2,2-4H3/t14-/m0/s1. The Morgan fingerprint density at radius 2 is 1.86 bits per heavy atom. The van der Waals surface area contributed by atoms with E-state index < -0.39 is 10.0 Å². The van der Waals surface area contributed by atoms with E-state index in [-0.39, 0.29) is 4.90 Å². The first-order chi connectivity index (χ1) is 10.3. The van der Waals surface area contributed by atoms with Crippen LogP contribution in [0, 0.1) is 19.8 Å². The molecular weight excluding hydrogens is 296 g/mol. The van der Waals surface area contributed by atoms with Crippen LogP contribution in [0.3, 0.4) is 0 Å². The average Bonchev–Trinajstić information content (AvgIpc) is 3.00. The maximum absolute atomic E-state index is 12.9. The maximum Gasteiger partial charge on any atom is 0.283 e. The van der Waals surface area contributed by atoms with Crippen LogP contribution >= 0.6 is 0 Å². The van der Waals surface area contributed by atoms with Gasteiger partial charge in [-0.15, -0.1) is 0 Å². The van der Waals surface area contributed by atoms with Crippen molar-refractivity contribution in [1.29, 1.82) is 0 Å². The Balaban J connectivity index is 2.09.